The number of rotatable bonds is 3. The molecule has 2 N–H and O–H groups in total. The van der Waals surface area contributed by atoms with Gasteiger partial charge in [0.2, 0.25) is 0 Å². The van der Waals surface area contributed by atoms with E-state index in [0.717, 1.165) is 10.0 Å². The van der Waals surface area contributed by atoms with Crippen molar-refractivity contribution in [2.75, 3.05) is 5.73 Å². The Morgan fingerprint density at radius 2 is 1.79 bits per heavy atom. The Morgan fingerprint density at radius 3 is 2.26 bits per heavy atom. The van der Waals surface area contributed by atoms with E-state index in [4.69, 9.17) is 5.73 Å². The van der Waals surface area contributed by atoms with Gasteiger partial charge >= 0.3 is 0 Å². The molecule has 1 rings (SSSR count). The molecule has 0 spiro atoms. The largest absolute Gasteiger partial charge is 0.398 e. The molecule has 0 aliphatic rings. The van der Waals surface area contributed by atoms with Crippen LogP contribution in [0.3, 0.4) is 0 Å². The molecule has 0 aliphatic carbocycles. The molecule has 0 saturated heterocycles. The number of carbonyl (C=O) groups excluding carboxylic acids is 1. The lowest BCUT2D eigenvalue weighted by Gasteiger charge is -2.15. The van der Waals surface area contributed by atoms with Crippen LogP contribution in [0.1, 0.15) is 43.6 Å². The summed E-state index contributed by atoms with van der Waals surface area (Å²) in [6.07, 6.45) is 0. The summed E-state index contributed by atoms with van der Waals surface area (Å²) in [5.41, 5.74) is 7.89. The number of hydrogen-bond donors (Lipinski definition) is 1. The second kappa shape index (κ2) is 6.66. The van der Waals surface area contributed by atoms with Crippen molar-refractivity contribution in [1.29, 1.82) is 0 Å². The molecule has 0 atom stereocenters. The highest BCUT2D eigenvalue weighted by Gasteiger charge is 2.15. The van der Waals surface area contributed by atoms with E-state index in [0.29, 0.717) is 21.8 Å². The quantitative estimate of drug-likeness (QED) is 0.839. The standard InChI is InChI=1S/C14H21BrN2OS/c1-8(2)19(9(3)4)17-14(18)12-7-11(15)6-10(5)13(12)16/h6-9H,16H2,1-5H3. The Morgan fingerprint density at radius 1 is 1.26 bits per heavy atom. The summed E-state index contributed by atoms with van der Waals surface area (Å²) in [4.78, 5) is 12.3. The number of carbonyl (C=O) groups is 1. The molecule has 19 heavy (non-hydrogen) atoms. The molecule has 0 aliphatic heterocycles. The van der Waals surface area contributed by atoms with Gasteiger partial charge in [0.15, 0.2) is 0 Å². The van der Waals surface area contributed by atoms with Crippen molar-refractivity contribution in [2.24, 2.45) is 4.36 Å². The van der Waals surface area contributed by atoms with Gasteiger partial charge < -0.3 is 5.73 Å². The molecular formula is C14H21BrN2OS. The molecule has 1 aromatic rings. The summed E-state index contributed by atoms with van der Waals surface area (Å²) in [5, 5.41) is 0.719. The van der Waals surface area contributed by atoms with E-state index in [2.05, 4.69) is 48.0 Å². The number of nitrogens with zero attached hydrogens (tertiary/aromatic N) is 1. The maximum Gasteiger partial charge on any atom is 0.285 e. The van der Waals surface area contributed by atoms with Gasteiger partial charge in [-0.1, -0.05) is 54.3 Å². The van der Waals surface area contributed by atoms with Gasteiger partial charge in [-0.05, 0) is 24.6 Å². The third kappa shape index (κ3) is 4.14. The number of anilines is 1. The fraction of sp³-hybridized carbons (Fsp3) is 0.500. The van der Waals surface area contributed by atoms with Crippen molar-refractivity contribution in [2.45, 2.75) is 45.1 Å². The van der Waals surface area contributed by atoms with E-state index < -0.39 is 0 Å². The summed E-state index contributed by atoms with van der Waals surface area (Å²) in [7, 11) is -0.275. The fourth-order valence-electron chi connectivity index (χ4n) is 1.83. The molecular weight excluding hydrogens is 324 g/mol. The first-order valence-electron chi connectivity index (χ1n) is 6.27. The highest BCUT2D eigenvalue weighted by atomic mass is 79.9. The minimum Gasteiger partial charge on any atom is -0.398 e. The topological polar surface area (TPSA) is 55.5 Å². The number of nitrogen functional groups attached to an aromatic ring is 1. The smallest absolute Gasteiger partial charge is 0.285 e. The summed E-state index contributed by atoms with van der Waals surface area (Å²) in [6.45, 7) is 10.3. The van der Waals surface area contributed by atoms with E-state index >= 15 is 0 Å². The molecule has 106 valence electrons. The Kier molecular flexibility index (Phi) is 5.74. The molecule has 0 bridgehead atoms. The maximum atomic E-state index is 12.3. The van der Waals surface area contributed by atoms with Crippen LogP contribution >= 0.6 is 15.9 Å². The molecule has 1 aromatic carbocycles. The lowest BCUT2D eigenvalue weighted by atomic mass is 10.1. The van der Waals surface area contributed by atoms with Gasteiger partial charge in [0.1, 0.15) is 0 Å². The van der Waals surface area contributed by atoms with Crippen LogP contribution in [-0.2, 0) is 10.7 Å². The molecule has 0 saturated carbocycles. The predicted octanol–water partition coefficient (Wildman–Crippen LogP) is 4.10. The zero-order chi connectivity index (χ0) is 14.7. The average Bonchev–Trinajstić information content (AvgIpc) is 2.29. The van der Waals surface area contributed by atoms with Gasteiger partial charge in [0.05, 0.1) is 5.56 Å². The monoisotopic (exact) mass is 344 g/mol. The average molecular weight is 345 g/mol. The van der Waals surface area contributed by atoms with Gasteiger partial charge in [-0.3, -0.25) is 4.79 Å². The van der Waals surface area contributed by atoms with Crippen LogP contribution in [0.5, 0.6) is 0 Å². The van der Waals surface area contributed by atoms with Crippen molar-refractivity contribution in [3.05, 3.63) is 27.7 Å². The highest BCUT2D eigenvalue weighted by molar-refractivity contribution is 9.10. The van der Waals surface area contributed by atoms with Gasteiger partial charge in [0.25, 0.3) is 5.91 Å². The molecule has 0 radical (unpaired) electrons. The molecule has 1 amide bonds. The highest BCUT2D eigenvalue weighted by Crippen LogP contribution is 2.24. The van der Waals surface area contributed by atoms with E-state index in [1.54, 1.807) is 6.07 Å². The van der Waals surface area contributed by atoms with Crippen molar-refractivity contribution >= 4 is 38.2 Å². The second-order valence-corrected chi connectivity index (χ2v) is 8.70. The Balaban J connectivity index is 3.24. The molecule has 0 heterocycles. The SMILES string of the molecule is Cc1cc(Br)cc(C(=O)N=S(C(C)C)C(C)C)c1N. The number of aryl methyl sites for hydroxylation is 1. The van der Waals surface area contributed by atoms with Crippen LogP contribution in [0.15, 0.2) is 21.0 Å². The van der Waals surface area contributed by atoms with E-state index in [-0.39, 0.29) is 16.6 Å². The lowest BCUT2D eigenvalue weighted by molar-refractivity contribution is 0.101. The maximum absolute atomic E-state index is 12.3. The third-order valence-electron chi connectivity index (χ3n) is 2.74. The molecule has 0 fully saturated rings. The lowest BCUT2D eigenvalue weighted by Crippen LogP contribution is -2.18. The fourth-order valence-corrected chi connectivity index (χ4v) is 4.20. The van der Waals surface area contributed by atoms with Gasteiger partial charge in [-0.15, -0.1) is 0 Å². The van der Waals surface area contributed by atoms with Gasteiger partial charge in [-0.25, -0.2) is 0 Å². The number of benzene rings is 1. The van der Waals surface area contributed by atoms with Crippen molar-refractivity contribution in [1.82, 2.24) is 0 Å². The minimum atomic E-state index is -0.275. The van der Waals surface area contributed by atoms with E-state index in [9.17, 15) is 4.79 Å². The number of halogens is 1. The normalized spacial score (nSPS) is 11.4. The van der Waals surface area contributed by atoms with Crippen LogP contribution in [0.2, 0.25) is 0 Å². The van der Waals surface area contributed by atoms with Crippen molar-refractivity contribution in [3.63, 3.8) is 0 Å². The summed E-state index contributed by atoms with van der Waals surface area (Å²) in [6, 6.07) is 3.65. The molecule has 5 heteroatoms. The minimum absolute atomic E-state index is 0.215. The van der Waals surface area contributed by atoms with Gasteiger partial charge in [0, 0.05) is 20.7 Å². The first-order chi connectivity index (χ1) is 8.73. The first-order valence-corrected chi connectivity index (χ1v) is 8.37. The second-order valence-electron chi connectivity index (χ2n) is 5.02. The number of hydrogen-bond acceptors (Lipinski definition) is 2. The summed E-state index contributed by atoms with van der Waals surface area (Å²) >= 11 is 3.39. The van der Waals surface area contributed by atoms with Crippen LogP contribution in [-0.4, -0.2) is 16.4 Å². The van der Waals surface area contributed by atoms with E-state index in [1.807, 2.05) is 13.0 Å². The van der Waals surface area contributed by atoms with Crippen molar-refractivity contribution < 1.29 is 4.79 Å². The number of nitrogens with two attached hydrogens (primary N) is 1. The zero-order valence-electron chi connectivity index (χ0n) is 12.0. The zero-order valence-corrected chi connectivity index (χ0v) is 14.4. The van der Waals surface area contributed by atoms with Crippen LogP contribution in [0.4, 0.5) is 5.69 Å². The third-order valence-corrected chi connectivity index (χ3v) is 5.50. The molecule has 0 aromatic heterocycles. The van der Waals surface area contributed by atoms with Gasteiger partial charge in [-0.2, -0.15) is 4.36 Å². The predicted molar refractivity (Wildman–Crippen MR) is 87.7 cm³/mol. The Bertz CT molecular complexity index is 514. The summed E-state index contributed by atoms with van der Waals surface area (Å²) < 4.78 is 5.23. The first kappa shape index (κ1) is 16.4. The summed E-state index contributed by atoms with van der Waals surface area (Å²) in [5.74, 6) is -0.215. The molecule has 0 unspecified atom stereocenters. The van der Waals surface area contributed by atoms with Crippen LogP contribution in [0, 0.1) is 6.92 Å². The molecule has 3 nitrogen and oxygen atoms in total. The Labute approximate surface area is 126 Å². The van der Waals surface area contributed by atoms with Crippen LogP contribution in [0.25, 0.3) is 0 Å². The Hall–Kier alpha value is -0.680. The van der Waals surface area contributed by atoms with Crippen LogP contribution < -0.4 is 5.73 Å². The number of amides is 1. The van der Waals surface area contributed by atoms with Crippen molar-refractivity contribution in [3.8, 4) is 0 Å². The van der Waals surface area contributed by atoms with E-state index in [1.165, 1.54) is 0 Å².